The van der Waals surface area contributed by atoms with Gasteiger partial charge in [-0.05, 0) is 17.7 Å². The molecule has 142 valence electrons. The highest BCUT2D eigenvalue weighted by atomic mass is 35.5. The number of para-hydroxylation sites is 1. The zero-order valence-corrected chi connectivity index (χ0v) is 16.6. The number of rotatable bonds is 4. The Morgan fingerprint density at radius 2 is 1.36 bits per heavy atom. The molecule has 0 aromatic heterocycles. The monoisotopic (exact) mass is 389 g/mol. The fraction of sp³-hybridized carbons (Fsp3) is 0.208. The first kappa shape index (κ1) is 18.7. The molecule has 0 amide bonds. The summed E-state index contributed by atoms with van der Waals surface area (Å²) in [7, 11) is 0. The van der Waals surface area contributed by atoms with E-state index < -0.39 is 0 Å². The number of hydrogen-bond acceptors (Lipinski definition) is 2. The van der Waals surface area contributed by atoms with Gasteiger partial charge in [0.2, 0.25) is 0 Å². The molecule has 3 aromatic rings. The van der Waals surface area contributed by atoms with Gasteiger partial charge in [-0.15, -0.1) is 0 Å². The van der Waals surface area contributed by atoms with Gasteiger partial charge in [-0.3, -0.25) is 4.90 Å². The molecule has 0 atom stereocenters. The van der Waals surface area contributed by atoms with Crippen LogP contribution in [0.15, 0.2) is 89.9 Å². The summed E-state index contributed by atoms with van der Waals surface area (Å²) in [5.41, 5.74) is 3.30. The Labute approximate surface area is 171 Å². The van der Waals surface area contributed by atoms with E-state index in [1.54, 1.807) is 0 Å². The molecule has 1 heterocycles. The molecular formula is C24H24ClN3. The van der Waals surface area contributed by atoms with Gasteiger partial charge < -0.3 is 4.90 Å². The van der Waals surface area contributed by atoms with E-state index in [1.165, 1.54) is 5.56 Å². The van der Waals surface area contributed by atoms with Gasteiger partial charge >= 0.3 is 0 Å². The van der Waals surface area contributed by atoms with E-state index in [-0.39, 0.29) is 0 Å². The van der Waals surface area contributed by atoms with E-state index in [2.05, 4.69) is 64.4 Å². The number of aliphatic imine (C=N–C) groups is 1. The first-order valence-electron chi connectivity index (χ1n) is 9.69. The summed E-state index contributed by atoms with van der Waals surface area (Å²) < 4.78 is 0. The second kappa shape index (κ2) is 9.05. The highest BCUT2D eigenvalue weighted by molar-refractivity contribution is 6.33. The number of amidine groups is 1. The van der Waals surface area contributed by atoms with Crippen molar-refractivity contribution >= 4 is 23.1 Å². The van der Waals surface area contributed by atoms with E-state index in [9.17, 15) is 0 Å². The van der Waals surface area contributed by atoms with E-state index in [0.717, 1.165) is 49.8 Å². The summed E-state index contributed by atoms with van der Waals surface area (Å²) in [6.45, 7) is 4.93. The fourth-order valence-corrected chi connectivity index (χ4v) is 3.70. The van der Waals surface area contributed by atoms with Crippen LogP contribution in [0.1, 0.15) is 11.1 Å². The molecule has 1 saturated heterocycles. The lowest BCUT2D eigenvalue weighted by Crippen LogP contribution is -2.48. The molecule has 0 saturated carbocycles. The van der Waals surface area contributed by atoms with Gasteiger partial charge in [0.25, 0.3) is 0 Å². The first-order chi connectivity index (χ1) is 13.8. The maximum atomic E-state index is 6.37. The van der Waals surface area contributed by atoms with Crippen LogP contribution in [0.3, 0.4) is 0 Å². The van der Waals surface area contributed by atoms with E-state index in [1.807, 2.05) is 30.3 Å². The quantitative estimate of drug-likeness (QED) is 0.449. The molecule has 0 unspecified atom stereocenters. The van der Waals surface area contributed by atoms with Crippen LogP contribution < -0.4 is 0 Å². The lowest BCUT2D eigenvalue weighted by Gasteiger charge is -2.36. The van der Waals surface area contributed by atoms with Crippen molar-refractivity contribution in [1.29, 1.82) is 0 Å². The van der Waals surface area contributed by atoms with Crippen molar-refractivity contribution in [2.75, 3.05) is 26.2 Å². The predicted octanol–water partition coefficient (Wildman–Crippen LogP) is 5.24. The first-order valence-corrected chi connectivity index (χ1v) is 10.1. The van der Waals surface area contributed by atoms with Crippen LogP contribution in [-0.2, 0) is 6.54 Å². The average Bonchev–Trinajstić information content (AvgIpc) is 2.75. The standard InChI is InChI=1S/C24H24ClN3/c25-22-13-7-8-14-23(22)26-24(21-11-5-2-6-12-21)28-17-15-27(16-18-28)19-20-9-3-1-4-10-20/h1-14H,15-19H2. The molecule has 1 aliphatic rings. The summed E-state index contributed by atoms with van der Waals surface area (Å²) >= 11 is 6.37. The lowest BCUT2D eigenvalue weighted by molar-refractivity contribution is 0.176. The summed E-state index contributed by atoms with van der Waals surface area (Å²) in [4.78, 5) is 9.83. The second-order valence-corrected chi connectivity index (χ2v) is 7.41. The van der Waals surface area contributed by atoms with E-state index in [4.69, 9.17) is 16.6 Å². The Balaban J connectivity index is 1.53. The number of piperazine rings is 1. The Kier molecular flexibility index (Phi) is 6.05. The van der Waals surface area contributed by atoms with Crippen molar-refractivity contribution in [3.05, 3.63) is 101 Å². The van der Waals surface area contributed by atoms with Gasteiger partial charge in [0, 0.05) is 38.3 Å². The van der Waals surface area contributed by atoms with Crippen LogP contribution in [0.2, 0.25) is 5.02 Å². The molecule has 1 aliphatic heterocycles. The normalized spacial score (nSPS) is 15.6. The molecule has 4 rings (SSSR count). The minimum atomic E-state index is 0.679. The Morgan fingerprint density at radius 3 is 2.04 bits per heavy atom. The van der Waals surface area contributed by atoms with Gasteiger partial charge in [-0.2, -0.15) is 0 Å². The Bertz CT molecular complexity index is 917. The maximum absolute atomic E-state index is 6.37. The van der Waals surface area contributed by atoms with Crippen LogP contribution in [0, 0.1) is 0 Å². The zero-order chi connectivity index (χ0) is 19.2. The molecule has 0 radical (unpaired) electrons. The zero-order valence-electron chi connectivity index (χ0n) is 15.8. The molecule has 1 fully saturated rings. The van der Waals surface area contributed by atoms with Gasteiger partial charge in [-0.1, -0.05) is 84.4 Å². The topological polar surface area (TPSA) is 18.8 Å². The van der Waals surface area contributed by atoms with Gasteiger partial charge in [0.05, 0.1) is 10.7 Å². The molecule has 0 N–H and O–H groups in total. The average molecular weight is 390 g/mol. The highest BCUT2D eigenvalue weighted by Crippen LogP contribution is 2.26. The number of benzene rings is 3. The predicted molar refractivity (Wildman–Crippen MR) is 117 cm³/mol. The number of nitrogens with zero attached hydrogens (tertiary/aromatic N) is 3. The third-order valence-corrected chi connectivity index (χ3v) is 5.35. The molecular weight excluding hydrogens is 366 g/mol. The Morgan fingerprint density at radius 1 is 0.750 bits per heavy atom. The third kappa shape index (κ3) is 4.61. The third-order valence-electron chi connectivity index (χ3n) is 5.03. The number of hydrogen-bond donors (Lipinski definition) is 0. The van der Waals surface area contributed by atoms with Gasteiger partial charge in [0.15, 0.2) is 0 Å². The van der Waals surface area contributed by atoms with Gasteiger partial charge in [0.1, 0.15) is 5.84 Å². The van der Waals surface area contributed by atoms with Crippen molar-refractivity contribution < 1.29 is 0 Å². The SMILES string of the molecule is Clc1ccccc1N=C(c1ccccc1)N1CCN(Cc2ccccc2)CC1. The molecule has 0 spiro atoms. The molecule has 3 nitrogen and oxygen atoms in total. The van der Waals surface area contributed by atoms with Crippen LogP contribution in [0.5, 0.6) is 0 Å². The lowest BCUT2D eigenvalue weighted by atomic mass is 10.1. The maximum Gasteiger partial charge on any atom is 0.136 e. The minimum Gasteiger partial charge on any atom is -0.354 e. The van der Waals surface area contributed by atoms with Crippen molar-refractivity contribution in [2.45, 2.75) is 6.54 Å². The van der Waals surface area contributed by atoms with Gasteiger partial charge in [-0.25, -0.2) is 4.99 Å². The van der Waals surface area contributed by atoms with Crippen molar-refractivity contribution in [2.24, 2.45) is 4.99 Å². The van der Waals surface area contributed by atoms with Crippen LogP contribution >= 0.6 is 11.6 Å². The number of halogens is 1. The van der Waals surface area contributed by atoms with Crippen LogP contribution in [0.4, 0.5) is 5.69 Å². The van der Waals surface area contributed by atoms with Crippen molar-refractivity contribution in [3.63, 3.8) is 0 Å². The largest absolute Gasteiger partial charge is 0.354 e. The second-order valence-electron chi connectivity index (χ2n) is 7.00. The summed E-state index contributed by atoms with van der Waals surface area (Å²) in [6.07, 6.45) is 0. The summed E-state index contributed by atoms with van der Waals surface area (Å²) in [5, 5.41) is 0.679. The summed E-state index contributed by atoms with van der Waals surface area (Å²) in [6, 6.07) is 28.8. The molecule has 3 aromatic carbocycles. The van der Waals surface area contributed by atoms with E-state index >= 15 is 0 Å². The van der Waals surface area contributed by atoms with Crippen LogP contribution in [-0.4, -0.2) is 41.8 Å². The molecule has 0 aliphatic carbocycles. The molecule has 28 heavy (non-hydrogen) atoms. The van der Waals surface area contributed by atoms with E-state index in [0.29, 0.717) is 5.02 Å². The molecule has 4 heteroatoms. The smallest absolute Gasteiger partial charge is 0.136 e. The highest BCUT2D eigenvalue weighted by Gasteiger charge is 2.21. The summed E-state index contributed by atoms with van der Waals surface area (Å²) in [5.74, 6) is 0.994. The van der Waals surface area contributed by atoms with Crippen molar-refractivity contribution in [3.8, 4) is 0 Å². The Hall–Kier alpha value is -2.62. The fourth-order valence-electron chi connectivity index (χ4n) is 3.52. The molecule has 0 bridgehead atoms. The van der Waals surface area contributed by atoms with Crippen molar-refractivity contribution in [1.82, 2.24) is 9.80 Å². The van der Waals surface area contributed by atoms with Crippen LogP contribution in [0.25, 0.3) is 0 Å². The minimum absolute atomic E-state index is 0.679.